The number of rotatable bonds is 8. The quantitative estimate of drug-likeness (QED) is 0.447. The van der Waals surface area contributed by atoms with E-state index in [1.807, 2.05) is 13.8 Å². The van der Waals surface area contributed by atoms with Gasteiger partial charge < -0.3 is 9.73 Å². The maximum Gasteiger partial charge on any atom is 0.306 e. The van der Waals surface area contributed by atoms with Gasteiger partial charge in [-0.1, -0.05) is 32.0 Å². The highest BCUT2D eigenvalue weighted by Gasteiger charge is 2.26. The van der Waals surface area contributed by atoms with Crippen molar-refractivity contribution in [3.63, 3.8) is 0 Å². The van der Waals surface area contributed by atoms with Crippen molar-refractivity contribution in [1.29, 1.82) is 0 Å². The maximum absolute atomic E-state index is 13.9. The van der Waals surface area contributed by atoms with Crippen LogP contribution in [0.1, 0.15) is 44.9 Å². The number of piperidine rings is 1. The minimum absolute atomic E-state index is 0.0896. The average molecular weight is 471 g/mol. The number of aromatic nitrogens is 2. The first kappa shape index (κ1) is 25.5. The molecule has 0 atom stereocenters. The first-order valence-corrected chi connectivity index (χ1v) is 11.5. The summed E-state index contributed by atoms with van der Waals surface area (Å²) >= 11 is 0. The highest BCUT2D eigenvalue weighted by molar-refractivity contribution is 5.89. The zero-order chi connectivity index (χ0) is 24.6. The lowest BCUT2D eigenvalue weighted by Gasteiger charge is -2.22. The Bertz CT molecular complexity index is 1140. The van der Waals surface area contributed by atoms with Crippen LogP contribution in [0.25, 0.3) is 22.8 Å². The Balaban J connectivity index is 0.00000158. The standard InChI is InChI=1S/C23H26F2N6O.C2H6/c1-23(24,25)17-5-3-4-16(14-17)20-21(31-12-13-32-22(31)30-20)19(26-2)8-11-28-15-29-18-6-9-27-10-7-18;1-2/h3-5,8,11-14,18,27,29H,2,6-7,9-10,15H2,1H3;1-2H3/b19-8-,28-11-;. The Hall–Kier alpha value is -3.17. The molecule has 1 fully saturated rings. The Morgan fingerprint density at radius 1 is 1.35 bits per heavy atom. The predicted molar refractivity (Wildman–Crippen MR) is 134 cm³/mol. The number of hydrogen-bond donors (Lipinski definition) is 2. The van der Waals surface area contributed by atoms with Crippen molar-refractivity contribution in [2.45, 2.75) is 45.6 Å². The van der Waals surface area contributed by atoms with Crippen LogP contribution in [0.15, 0.2) is 57.2 Å². The van der Waals surface area contributed by atoms with Crippen molar-refractivity contribution < 1.29 is 13.2 Å². The van der Waals surface area contributed by atoms with E-state index in [-0.39, 0.29) is 5.56 Å². The van der Waals surface area contributed by atoms with Gasteiger partial charge in [-0.15, -0.1) is 0 Å². The van der Waals surface area contributed by atoms with Crippen LogP contribution in [-0.2, 0) is 5.92 Å². The Morgan fingerprint density at radius 2 is 2.12 bits per heavy atom. The van der Waals surface area contributed by atoms with Crippen LogP contribution < -0.4 is 10.6 Å². The second-order valence-corrected chi connectivity index (χ2v) is 7.76. The summed E-state index contributed by atoms with van der Waals surface area (Å²) in [6.45, 7) is 11.1. The number of nitrogens with one attached hydrogen (secondary N) is 2. The van der Waals surface area contributed by atoms with E-state index in [1.54, 1.807) is 35.0 Å². The summed E-state index contributed by atoms with van der Waals surface area (Å²) in [6, 6.07) is 6.62. The molecule has 1 aromatic carbocycles. The molecule has 1 aliphatic heterocycles. The highest BCUT2D eigenvalue weighted by Crippen LogP contribution is 2.34. The Labute approximate surface area is 198 Å². The number of benzene rings is 1. The van der Waals surface area contributed by atoms with E-state index in [4.69, 9.17) is 4.42 Å². The molecule has 9 heteroatoms. The number of aliphatic imine (C=N–C) groups is 2. The van der Waals surface area contributed by atoms with E-state index in [9.17, 15) is 8.78 Å². The molecule has 0 aliphatic carbocycles. The fraction of sp³-hybridized carbons (Fsp3) is 0.400. The lowest BCUT2D eigenvalue weighted by molar-refractivity contribution is 0.0175. The van der Waals surface area contributed by atoms with Crippen LogP contribution in [0.3, 0.4) is 0 Å². The third-order valence-corrected chi connectivity index (χ3v) is 5.47. The fourth-order valence-electron chi connectivity index (χ4n) is 3.76. The summed E-state index contributed by atoms with van der Waals surface area (Å²) < 4.78 is 34.9. The predicted octanol–water partition coefficient (Wildman–Crippen LogP) is 5.14. The number of fused-ring (bicyclic) bond motifs is 1. The normalized spacial score (nSPS) is 15.5. The van der Waals surface area contributed by atoms with Crippen LogP contribution in [0, 0.1) is 0 Å². The largest absolute Gasteiger partial charge is 0.432 e. The molecule has 0 spiro atoms. The summed E-state index contributed by atoms with van der Waals surface area (Å²) in [5.74, 6) is -2.62. The van der Waals surface area contributed by atoms with Crippen molar-refractivity contribution in [3.8, 4) is 11.3 Å². The maximum atomic E-state index is 13.9. The molecule has 1 saturated heterocycles. The molecule has 0 unspecified atom stereocenters. The third kappa shape index (κ3) is 6.03. The number of hydrogen-bond acceptors (Lipinski definition) is 6. The van der Waals surface area contributed by atoms with E-state index in [0.29, 0.717) is 41.2 Å². The first-order chi connectivity index (χ1) is 16.5. The van der Waals surface area contributed by atoms with Crippen LogP contribution in [0.2, 0.25) is 0 Å². The van der Waals surface area contributed by atoms with Crippen molar-refractivity contribution in [2.24, 2.45) is 9.98 Å². The molecule has 2 N–H and O–H groups in total. The molecule has 3 aromatic rings. The van der Waals surface area contributed by atoms with Gasteiger partial charge in [0.05, 0.1) is 12.4 Å². The summed E-state index contributed by atoms with van der Waals surface area (Å²) in [5, 5.41) is 6.75. The molecular formula is C25H32F2N6O. The SMILES string of the molecule is C=N/C(=C\C=N/CNC1CCNCC1)c1c(-c2cccc(C(C)(F)F)c2)nc2occn12.CC. The number of halogens is 2. The van der Waals surface area contributed by atoms with Crippen molar-refractivity contribution in [2.75, 3.05) is 19.8 Å². The number of alkyl halides is 2. The van der Waals surface area contributed by atoms with Crippen molar-refractivity contribution >= 4 is 24.5 Å². The Morgan fingerprint density at radius 3 is 2.82 bits per heavy atom. The van der Waals surface area contributed by atoms with Gasteiger partial charge in [0, 0.05) is 36.5 Å². The van der Waals surface area contributed by atoms with Gasteiger partial charge in [-0.25, -0.2) is 8.78 Å². The van der Waals surface area contributed by atoms with E-state index < -0.39 is 5.92 Å². The van der Waals surface area contributed by atoms with E-state index in [1.165, 1.54) is 18.4 Å². The van der Waals surface area contributed by atoms with Gasteiger partial charge in [-0.05, 0) is 44.8 Å². The molecule has 0 radical (unpaired) electrons. The van der Waals surface area contributed by atoms with Gasteiger partial charge in [0.15, 0.2) is 0 Å². The number of imidazole rings is 1. The molecule has 0 bridgehead atoms. The van der Waals surface area contributed by atoms with Gasteiger partial charge in [-0.2, -0.15) is 4.98 Å². The minimum Gasteiger partial charge on any atom is -0.432 e. The van der Waals surface area contributed by atoms with Gasteiger partial charge >= 0.3 is 5.84 Å². The second-order valence-electron chi connectivity index (χ2n) is 7.76. The van der Waals surface area contributed by atoms with Crippen molar-refractivity contribution in [1.82, 2.24) is 20.0 Å². The lowest BCUT2D eigenvalue weighted by atomic mass is 10.0. The molecule has 3 heterocycles. The number of allylic oxidation sites excluding steroid dienone is 1. The molecule has 0 amide bonds. The fourth-order valence-corrected chi connectivity index (χ4v) is 3.76. The first-order valence-electron chi connectivity index (χ1n) is 11.5. The molecule has 7 nitrogen and oxygen atoms in total. The van der Waals surface area contributed by atoms with Crippen LogP contribution >= 0.6 is 0 Å². The van der Waals surface area contributed by atoms with E-state index in [2.05, 4.69) is 32.3 Å². The zero-order valence-corrected chi connectivity index (χ0v) is 19.9. The number of nitrogens with zero attached hydrogens (tertiary/aromatic N) is 4. The van der Waals surface area contributed by atoms with Gasteiger partial charge in [0.1, 0.15) is 17.7 Å². The molecular weight excluding hydrogens is 438 g/mol. The minimum atomic E-state index is -2.96. The van der Waals surface area contributed by atoms with Gasteiger partial charge in [-0.3, -0.25) is 19.7 Å². The molecule has 2 aromatic heterocycles. The van der Waals surface area contributed by atoms with E-state index >= 15 is 0 Å². The smallest absolute Gasteiger partial charge is 0.306 e. The molecule has 4 rings (SSSR count). The van der Waals surface area contributed by atoms with Gasteiger partial charge in [0.25, 0.3) is 5.92 Å². The van der Waals surface area contributed by atoms with Gasteiger partial charge in [0.2, 0.25) is 0 Å². The van der Waals surface area contributed by atoms with E-state index in [0.717, 1.165) is 32.9 Å². The summed E-state index contributed by atoms with van der Waals surface area (Å²) in [6.07, 6.45) is 8.77. The van der Waals surface area contributed by atoms with Crippen LogP contribution in [-0.4, -0.2) is 48.1 Å². The summed E-state index contributed by atoms with van der Waals surface area (Å²) in [4.78, 5) is 13.1. The summed E-state index contributed by atoms with van der Waals surface area (Å²) in [5.41, 5.74) is 2.03. The third-order valence-electron chi connectivity index (χ3n) is 5.47. The molecule has 0 saturated carbocycles. The molecule has 1 aliphatic rings. The lowest BCUT2D eigenvalue weighted by Crippen LogP contribution is -2.39. The van der Waals surface area contributed by atoms with Crippen LogP contribution in [0.4, 0.5) is 8.78 Å². The van der Waals surface area contributed by atoms with Crippen LogP contribution in [0.5, 0.6) is 0 Å². The average Bonchev–Trinajstić information content (AvgIpc) is 3.45. The highest BCUT2D eigenvalue weighted by atomic mass is 19.3. The molecule has 34 heavy (non-hydrogen) atoms. The van der Waals surface area contributed by atoms with Crippen molar-refractivity contribution in [3.05, 3.63) is 54.1 Å². The summed E-state index contributed by atoms with van der Waals surface area (Å²) in [7, 11) is 0. The molecule has 182 valence electrons. The number of oxazole rings is 1. The Kier molecular flexibility index (Phi) is 8.84. The topological polar surface area (TPSA) is 79.2 Å². The zero-order valence-electron chi connectivity index (χ0n) is 19.9. The monoisotopic (exact) mass is 470 g/mol. The second kappa shape index (κ2) is 11.8.